The molecule has 0 unspecified atom stereocenters. The van der Waals surface area contributed by atoms with Gasteiger partial charge in [0.2, 0.25) is 0 Å². The van der Waals surface area contributed by atoms with Gasteiger partial charge >= 0.3 is 17.6 Å². The van der Waals surface area contributed by atoms with Crippen LogP contribution in [0.2, 0.25) is 0 Å². The molecule has 0 aliphatic carbocycles. The Labute approximate surface area is 78.3 Å². The van der Waals surface area contributed by atoms with Crippen LogP contribution in [0.5, 0.6) is 0 Å². The molecule has 0 spiro atoms. The molecule has 0 saturated carbocycles. The monoisotopic (exact) mass is 233 g/mol. The van der Waals surface area contributed by atoms with E-state index in [0.717, 1.165) is 4.48 Å². The average molecular weight is 232 g/mol. The number of hydrogen-bond donors (Lipinski definition) is 0. The van der Waals surface area contributed by atoms with E-state index >= 15 is 0 Å². The van der Waals surface area contributed by atoms with Crippen molar-refractivity contribution in [1.82, 2.24) is 0 Å². The van der Waals surface area contributed by atoms with Crippen molar-refractivity contribution in [2.45, 2.75) is 0 Å². The second-order valence-corrected chi connectivity index (χ2v) is 2.68. The van der Waals surface area contributed by atoms with E-state index in [9.17, 15) is 0 Å². The zero-order chi connectivity index (χ0) is 4.50. The Balaban J connectivity index is -0.00000000533. The van der Waals surface area contributed by atoms with Crippen molar-refractivity contribution in [3.63, 3.8) is 0 Å². The molecule has 0 aliphatic rings. The number of nitrogens with zero attached hydrogens (tertiary/aromatic N) is 1. The fourth-order valence-corrected chi connectivity index (χ4v) is 0. The van der Waals surface area contributed by atoms with Gasteiger partial charge in [0.25, 0.3) is 0 Å². The van der Waals surface area contributed by atoms with Crippen LogP contribution in [0.25, 0.3) is 0 Å². The Morgan fingerprint density at radius 2 is 0.545 bits per heavy atom. The molecule has 0 bridgehead atoms. The average Bonchev–Trinajstić information content (AvgIpc) is 0.722. The van der Waals surface area contributed by atoms with Crippen LogP contribution in [0.15, 0.2) is 0 Å². The summed E-state index contributed by atoms with van der Waals surface area (Å²) in [6.45, 7) is 0. The second kappa shape index (κ2) is 22.4. The summed E-state index contributed by atoms with van der Waals surface area (Å²) < 4.78 is 1.00. The molecule has 11 heavy (non-hydrogen) atoms. The first-order chi connectivity index (χ1) is 2.00. The van der Waals surface area contributed by atoms with Crippen LogP contribution in [-0.2, 0) is 0 Å². The van der Waals surface area contributed by atoms with E-state index in [4.69, 9.17) is 0 Å². The summed E-state index contributed by atoms with van der Waals surface area (Å²) >= 11 is 0. The van der Waals surface area contributed by atoms with Crippen LogP contribution in [0.1, 0.15) is 0 Å². The zero-order valence-corrected chi connectivity index (χ0v) is 9.28. The van der Waals surface area contributed by atoms with Gasteiger partial charge in [0.05, 0.1) is 28.2 Å². The molecule has 0 rings (SSSR count). The van der Waals surface area contributed by atoms with Gasteiger partial charge in [-0.2, -0.15) is 0 Å². The molecule has 72 valence electrons. The van der Waals surface area contributed by atoms with E-state index < -0.39 is 0 Å². The van der Waals surface area contributed by atoms with Gasteiger partial charge in [0, 0.05) is 0 Å². The third-order valence-electron chi connectivity index (χ3n) is 0. The third kappa shape index (κ3) is 7740. The Hall–Kier alpha value is 0.303. The number of quaternary nitrogens is 1. The topological polar surface area (TPSA) is 150 Å². The molecule has 0 fully saturated rings. The smallest absolute Gasteiger partial charge is 0.870 e. The molecular weight excluding hydrogens is 215 g/mol. The molecule has 5 N–H and O–H groups in total. The predicted octanol–water partition coefficient (Wildman–Crippen LogP) is -0.942. The molecule has 0 radical (unpaired) electrons. The first kappa shape index (κ1) is 64.8. The molecule has 0 aromatic rings. The maximum Gasteiger partial charge on any atom is 4.00 e. The van der Waals surface area contributed by atoms with Crippen molar-refractivity contribution in [2.75, 3.05) is 28.2 Å². The quantitative estimate of drug-likeness (QED) is 0.389. The van der Waals surface area contributed by atoms with Crippen molar-refractivity contribution in [1.29, 1.82) is 0 Å². The van der Waals surface area contributed by atoms with E-state index in [1.807, 2.05) is 0 Å². The van der Waals surface area contributed by atoms with Crippen LogP contribution < -0.4 is 0 Å². The summed E-state index contributed by atoms with van der Waals surface area (Å²) in [5.74, 6) is 0. The normalized spacial score (nSPS) is 5.45. The number of hydrogen-bond acceptors (Lipinski definition) is 5. The fourth-order valence-electron chi connectivity index (χ4n) is 0. The van der Waals surface area contributed by atoms with Gasteiger partial charge in [-0.1, -0.05) is 0 Å². The second-order valence-electron chi connectivity index (χ2n) is 2.68. The zero-order valence-electron chi connectivity index (χ0n) is 7.18. The minimum absolute atomic E-state index is 0. The Morgan fingerprint density at radius 3 is 0.545 bits per heavy atom. The molecule has 7 heteroatoms. The summed E-state index contributed by atoms with van der Waals surface area (Å²) in [5, 5.41) is 0. The van der Waals surface area contributed by atoms with Crippen molar-refractivity contribution in [2.24, 2.45) is 0 Å². The van der Waals surface area contributed by atoms with Crippen molar-refractivity contribution < 1.29 is 31.9 Å². The summed E-state index contributed by atoms with van der Waals surface area (Å²) in [4.78, 5) is 0. The van der Waals surface area contributed by atoms with Crippen molar-refractivity contribution >= 4 is 17.6 Å². The van der Waals surface area contributed by atoms with Gasteiger partial charge in [0.15, 0.2) is 0 Å². The van der Waals surface area contributed by atoms with Crippen LogP contribution >= 0.6 is 0 Å². The molecule has 0 aromatic carbocycles. The molecule has 0 aliphatic heterocycles. The first-order valence-electron chi connectivity index (χ1n) is 1.79. The van der Waals surface area contributed by atoms with Crippen molar-refractivity contribution in [3.05, 3.63) is 0 Å². The van der Waals surface area contributed by atoms with Gasteiger partial charge in [-0.15, -0.1) is 0 Å². The standard InChI is InChI=1S/C4H12N.Ge.5H2O/c1-5(2,3)4;;;;;;/h1-4H3;;5*1H2/q+1;+4;;;;;/p-5. The minimum atomic E-state index is 0. The molecule has 0 amide bonds. The van der Waals surface area contributed by atoms with Crippen LogP contribution in [-0.4, -0.2) is 77.7 Å². The molecule has 0 saturated heterocycles. The first-order valence-corrected chi connectivity index (χ1v) is 1.79. The van der Waals surface area contributed by atoms with Gasteiger partial charge in [0.1, 0.15) is 0 Å². The molecule has 0 atom stereocenters. The van der Waals surface area contributed by atoms with Crippen molar-refractivity contribution in [3.8, 4) is 0 Å². The summed E-state index contributed by atoms with van der Waals surface area (Å²) in [6, 6.07) is 0. The van der Waals surface area contributed by atoms with E-state index in [2.05, 4.69) is 28.2 Å². The number of rotatable bonds is 0. The third-order valence-corrected chi connectivity index (χ3v) is 0. The largest absolute Gasteiger partial charge is 4.00 e. The van der Waals surface area contributed by atoms with Crippen LogP contribution in [0.4, 0.5) is 0 Å². The van der Waals surface area contributed by atoms with Gasteiger partial charge in [-0.3, -0.25) is 0 Å². The maximum absolute atomic E-state index is 2.12. The maximum atomic E-state index is 2.12. The van der Waals surface area contributed by atoms with Crippen LogP contribution in [0, 0.1) is 0 Å². The van der Waals surface area contributed by atoms with Gasteiger partial charge < -0.3 is 31.9 Å². The van der Waals surface area contributed by atoms with Gasteiger partial charge in [-0.25, -0.2) is 0 Å². The van der Waals surface area contributed by atoms with Crippen LogP contribution in [0.3, 0.4) is 0 Å². The summed E-state index contributed by atoms with van der Waals surface area (Å²) in [7, 11) is 8.50. The molecule has 6 nitrogen and oxygen atoms in total. The van der Waals surface area contributed by atoms with E-state index in [1.54, 1.807) is 0 Å². The Bertz CT molecular complexity index is 34.0. The van der Waals surface area contributed by atoms with Gasteiger partial charge in [-0.05, 0) is 0 Å². The molecular formula is C4H17GeNO5. The SMILES string of the molecule is C[N+](C)(C)C.[Ge+4].[OH-].[OH-].[OH-].[OH-].[OH-]. The predicted molar refractivity (Wildman–Crippen MR) is 39.4 cm³/mol. The Morgan fingerprint density at radius 1 is 0.545 bits per heavy atom. The van der Waals surface area contributed by atoms with E-state index in [1.165, 1.54) is 0 Å². The minimum Gasteiger partial charge on any atom is -0.870 e. The fraction of sp³-hybridized carbons (Fsp3) is 1.00. The summed E-state index contributed by atoms with van der Waals surface area (Å²) in [5.41, 5.74) is 0. The molecule has 0 aromatic heterocycles. The molecule has 0 heterocycles. The van der Waals surface area contributed by atoms with E-state index in [-0.39, 0.29) is 45.0 Å². The Kier molecular flexibility index (Phi) is 132. The summed E-state index contributed by atoms with van der Waals surface area (Å²) in [6.07, 6.45) is 0. The van der Waals surface area contributed by atoms with E-state index in [0.29, 0.717) is 0 Å².